The van der Waals surface area contributed by atoms with Crippen molar-refractivity contribution in [3.8, 4) is 0 Å². The van der Waals surface area contributed by atoms with Gasteiger partial charge in [0.15, 0.2) is 0 Å². The number of anilines is 1. The fourth-order valence-electron chi connectivity index (χ4n) is 1.50. The molecule has 0 aliphatic heterocycles. The van der Waals surface area contributed by atoms with Gasteiger partial charge in [-0.15, -0.1) is 0 Å². The lowest BCUT2D eigenvalue weighted by atomic mass is 10.2. The highest BCUT2D eigenvalue weighted by Crippen LogP contribution is 2.12. The molecule has 2 aromatic rings. The monoisotopic (exact) mass is 216 g/mol. The normalized spacial score (nSPS) is 10.1. The summed E-state index contributed by atoms with van der Waals surface area (Å²) >= 11 is 0. The zero-order valence-electron chi connectivity index (χ0n) is 8.86. The van der Waals surface area contributed by atoms with E-state index in [1.54, 1.807) is 24.5 Å². The molecule has 1 aromatic heterocycles. The van der Waals surface area contributed by atoms with Gasteiger partial charge in [0, 0.05) is 18.9 Å². The van der Waals surface area contributed by atoms with Crippen molar-refractivity contribution >= 4 is 5.69 Å². The van der Waals surface area contributed by atoms with Gasteiger partial charge in [0.2, 0.25) is 0 Å². The van der Waals surface area contributed by atoms with Crippen LogP contribution in [0.1, 0.15) is 5.56 Å². The van der Waals surface area contributed by atoms with Crippen LogP contribution < -0.4 is 5.32 Å². The second-order valence-corrected chi connectivity index (χ2v) is 3.51. The number of rotatable bonds is 4. The van der Waals surface area contributed by atoms with Crippen LogP contribution in [-0.2, 0) is 6.42 Å². The van der Waals surface area contributed by atoms with Crippen molar-refractivity contribution in [2.75, 3.05) is 11.9 Å². The number of nitrogens with one attached hydrogen (secondary N) is 1. The number of hydrogen-bond donors (Lipinski definition) is 1. The summed E-state index contributed by atoms with van der Waals surface area (Å²) in [6.45, 7) is 0.713. The summed E-state index contributed by atoms with van der Waals surface area (Å²) in [6, 6.07) is 10.6. The topological polar surface area (TPSA) is 24.9 Å². The molecule has 0 atom stereocenters. The summed E-state index contributed by atoms with van der Waals surface area (Å²) in [5.41, 5.74) is 1.75. The SMILES string of the molecule is Fc1ccccc1NCCc1ccncc1. The Morgan fingerprint density at radius 1 is 1.06 bits per heavy atom. The predicted octanol–water partition coefficient (Wildman–Crippen LogP) is 2.88. The highest BCUT2D eigenvalue weighted by atomic mass is 19.1. The third-order valence-electron chi connectivity index (χ3n) is 2.35. The molecule has 16 heavy (non-hydrogen) atoms. The van der Waals surface area contributed by atoms with Gasteiger partial charge >= 0.3 is 0 Å². The van der Waals surface area contributed by atoms with Crippen LogP contribution in [0.2, 0.25) is 0 Å². The Labute approximate surface area is 94.2 Å². The van der Waals surface area contributed by atoms with Gasteiger partial charge in [0.25, 0.3) is 0 Å². The quantitative estimate of drug-likeness (QED) is 0.850. The summed E-state index contributed by atoms with van der Waals surface area (Å²) in [7, 11) is 0. The van der Waals surface area contributed by atoms with Crippen LogP contribution in [0, 0.1) is 5.82 Å². The molecule has 0 bridgehead atoms. The van der Waals surface area contributed by atoms with Gasteiger partial charge in [0.05, 0.1) is 5.69 Å². The van der Waals surface area contributed by atoms with Gasteiger partial charge in [-0.3, -0.25) is 4.98 Å². The molecule has 0 aliphatic carbocycles. The third-order valence-corrected chi connectivity index (χ3v) is 2.35. The molecule has 0 saturated carbocycles. The van der Waals surface area contributed by atoms with Crippen LogP contribution in [0.4, 0.5) is 10.1 Å². The molecule has 1 aromatic carbocycles. The van der Waals surface area contributed by atoms with Crippen molar-refractivity contribution in [1.29, 1.82) is 0 Å². The van der Waals surface area contributed by atoms with E-state index in [0.29, 0.717) is 12.2 Å². The largest absolute Gasteiger partial charge is 0.382 e. The number of aromatic nitrogens is 1. The lowest BCUT2D eigenvalue weighted by Gasteiger charge is -2.06. The first-order valence-electron chi connectivity index (χ1n) is 5.23. The van der Waals surface area contributed by atoms with E-state index in [-0.39, 0.29) is 5.82 Å². The van der Waals surface area contributed by atoms with Gasteiger partial charge in [0.1, 0.15) is 5.82 Å². The minimum absolute atomic E-state index is 0.211. The molecule has 0 unspecified atom stereocenters. The average molecular weight is 216 g/mol. The van der Waals surface area contributed by atoms with Crippen molar-refractivity contribution in [2.24, 2.45) is 0 Å². The standard InChI is InChI=1S/C13H13FN2/c14-12-3-1-2-4-13(12)16-10-7-11-5-8-15-9-6-11/h1-6,8-9,16H,7,10H2. The average Bonchev–Trinajstić information content (AvgIpc) is 2.33. The molecule has 0 spiro atoms. The summed E-state index contributed by atoms with van der Waals surface area (Å²) in [4.78, 5) is 3.95. The number of benzene rings is 1. The van der Waals surface area contributed by atoms with Crippen LogP contribution in [0.3, 0.4) is 0 Å². The molecule has 1 heterocycles. The van der Waals surface area contributed by atoms with E-state index in [1.807, 2.05) is 18.2 Å². The lowest BCUT2D eigenvalue weighted by molar-refractivity contribution is 0.630. The zero-order valence-corrected chi connectivity index (χ0v) is 8.86. The molecular weight excluding hydrogens is 203 g/mol. The van der Waals surface area contributed by atoms with Crippen LogP contribution in [-0.4, -0.2) is 11.5 Å². The molecule has 3 heteroatoms. The van der Waals surface area contributed by atoms with Crippen LogP contribution in [0.5, 0.6) is 0 Å². The molecule has 0 radical (unpaired) electrons. The van der Waals surface area contributed by atoms with Gasteiger partial charge in [-0.2, -0.15) is 0 Å². The Hall–Kier alpha value is -1.90. The fourth-order valence-corrected chi connectivity index (χ4v) is 1.50. The van der Waals surface area contributed by atoms with Crippen molar-refractivity contribution < 1.29 is 4.39 Å². The summed E-state index contributed by atoms with van der Waals surface area (Å²) in [5, 5.41) is 3.07. The lowest BCUT2D eigenvalue weighted by Crippen LogP contribution is -2.06. The summed E-state index contributed by atoms with van der Waals surface area (Å²) in [6.07, 6.45) is 4.38. The Balaban J connectivity index is 1.87. The predicted molar refractivity (Wildman–Crippen MR) is 62.8 cm³/mol. The molecule has 0 fully saturated rings. The first-order chi connectivity index (χ1) is 7.86. The van der Waals surface area contributed by atoms with E-state index >= 15 is 0 Å². The number of pyridine rings is 1. The maximum absolute atomic E-state index is 13.2. The smallest absolute Gasteiger partial charge is 0.146 e. The van der Waals surface area contributed by atoms with E-state index in [4.69, 9.17) is 0 Å². The molecule has 2 nitrogen and oxygen atoms in total. The van der Waals surface area contributed by atoms with Gasteiger partial charge in [-0.25, -0.2) is 4.39 Å². The maximum Gasteiger partial charge on any atom is 0.146 e. The zero-order chi connectivity index (χ0) is 11.2. The Morgan fingerprint density at radius 2 is 1.81 bits per heavy atom. The number of nitrogens with zero attached hydrogens (tertiary/aromatic N) is 1. The van der Waals surface area contributed by atoms with Crippen molar-refractivity contribution in [3.63, 3.8) is 0 Å². The number of para-hydroxylation sites is 1. The molecular formula is C13H13FN2. The third kappa shape index (κ3) is 2.79. The second-order valence-electron chi connectivity index (χ2n) is 3.51. The number of halogens is 1. The maximum atomic E-state index is 13.2. The van der Waals surface area contributed by atoms with E-state index in [1.165, 1.54) is 11.6 Å². The van der Waals surface area contributed by atoms with Crippen LogP contribution in [0.15, 0.2) is 48.8 Å². The second kappa shape index (κ2) is 5.26. The van der Waals surface area contributed by atoms with Gasteiger partial charge in [-0.1, -0.05) is 12.1 Å². The molecule has 0 saturated heterocycles. The van der Waals surface area contributed by atoms with E-state index < -0.39 is 0 Å². The van der Waals surface area contributed by atoms with Crippen molar-refractivity contribution in [3.05, 3.63) is 60.2 Å². The Kier molecular flexibility index (Phi) is 3.49. The molecule has 0 aliphatic rings. The molecule has 82 valence electrons. The molecule has 2 rings (SSSR count). The van der Waals surface area contributed by atoms with E-state index in [2.05, 4.69) is 10.3 Å². The molecule has 1 N–H and O–H groups in total. The summed E-state index contributed by atoms with van der Waals surface area (Å²) in [5.74, 6) is -0.211. The van der Waals surface area contributed by atoms with Gasteiger partial charge in [-0.05, 0) is 36.2 Å². The van der Waals surface area contributed by atoms with Crippen LogP contribution >= 0.6 is 0 Å². The van der Waals surface area contributed by atoms with E-state index in [9.17, 15) is 4.39 Å². The van der Waals surface area contributed by atoms with Gasteiger partial charge < -0.3 is 5.32 Å². The number of hydrogen-bond acceptors (Lipinski definition) is 2. The highest BCUT2D eigenvalue weighted by Gasteiger charge is 1.98. The minimum Gasteiger partial charge on any atom is -0.382 e. The highest BCUT2D eigenvalue weighted by molar-refractivity contribution is 5.44. The van der Waals surface area contributed by atoms with Crippen molar-refractivity contribution in [1.82, 2.24) is 4.98 Å². The Morgan fingerprint density at radius 3 is 2.56 bits per heavy atom. The Bertz CT molecular complexity index is 443. The van der Waals surface area contributed by atoms with E-state index in [0.717, 1.165) is 6.42 Å². The fraction of sp³-hybridized carbons (Fsp3) is 0.154. The molecule has 0 amide bonds. The van der Waals surface area contributed by atoms with Crippen LogP contribution in [0.25, 0.3) is 0 Å². The summed E-state index contributed by atoms with van der Waals surface area (Å²) < 4.78 is 13.2. The first kappa shape index (κ1) is 10.6. The minimum atomic E-state index is -0.211. The first-order valence-corrected chi connectivity index (χ1v) is 5.23. The van der Waals surface area contributed by atoms with Crippen molar-refractivity contribution in [2.45, 2.75) is 6.42 Å².